The molecule has 0 amide bonds. The van der Waals surface area contributed by atoms with Crippen molar-refractivity contribution in [2.24, 2.45) is 0 Å². The van der Waals surface area contributed by atoms with E-state index in [1.165, 1.54) is 23.1 Å². The van der Waals surface area contributed by atoms with E-state index in [9.17, 15) is 0 Å². The molecule has 0 bridgehead atoms. The van der Waals surface area contributed by atoms with Crippen LogP contribution < -0.4 is 0 Å². The molecule has 0 saturated carbocycles. The molecular weight excluding hydrogens is 204 g/mol. The van der Waals surface area contributed by atoms with Crippen molar-refractivity contribution in [2.45, 2.75) is 60.8 Å². The summed E-state index contributed by atoms with van der Waals surface area (Å²) in [5.74, 6) is 0. The summed E-state index contributed by atoms with van der Waals surface area (Å²) in [4.78, 5) is 0. The van der Waals surface area contributed by atoms with E-state index in [0.717, 1.165) is 12.8 Å². The summed E-state index contributed by atoms with van der Waals surface area (Å²) in [5, 5.41) is 0. The van der Waals surface area contributed by atoms with Crippen molar-refractivity contribution in [1.29, 1.82) is 0 Å². The lowest BCUT2D eigenvalue weighted by Gasteiger charge is -2.02. The van der Waals surface area contributed by atoms with E-state index >= 15 is 0 Å². The molecular formula is C17H30. The molecule has 0 aliphatic rings. The minimum absolute atomic E-state index is 1.06. The van der Waals surface area contributed by atoms with Crippen LogP contribution in [0.25, 0.3) is 0 Å². The van der Waals surface area contributed by atoms with Gasteiger partial charge in [-0.15, -0.1) is 0 Å². The molecule has 0 radical (unpaired) electrons. The molecule has 0 atom stereocenters. The van der Waals surface area contributed by atoms with Crippen molar-refractivity contribution in [3.8, 4) is 0 Å². The van der Waals surface area contributed by atoms with Gasteiger partial charge in [-0.25, -0.2) is 0 Å². The maximum Gasteiger partial charge on any atom is -0.0305 e. The Labute approximate surface area is 109 Å². The average molecular weight is 234 g/mol. The third-order valence-corrected chi connectivity index (χ3v) is 2.38. The van der Waals surface area contributed by atoms with Crippen LogP contribution in [-0.4, -0.2) is 0 Å². The van der Waals surface area contributed by atoms with Crippen LogP contribution >= 0.6 is 0 Å². The second kappa shape index (κ2) is 13.0. The standard InChI is InChI=1S/C14H22.C3H8/c1-6-9-14(8-3)13(5)11-10-12(4)7-2;1-3-2/h6,9-11H,1,7-8H2,2-5H3;3H2,1-2H3/b12-10-,13-11+,14-9+;. The van der Waals surface area contributed by atoms with Crippen molar-refractivity contribution in [3.63, 3.8) is 0 Å². The van der Waals surface area contributed by atoms with Crippen molar-refractivity contribution < 1.29 is 0 Å². The fraction of sp³-hybridized carbons (Fsp3) is 0.529. The highest BCUT2D eigenvalue weighted by atomic mass is 14.0. The predicted octanol–water partition coefficient (Wildman–Crippen LogP) is 6.23. The Balaban J connectivity index is 0. The van der Waals surface area contributed by atoms with Crippen LogP contribution in [0.15, 0.2) is 47.6 Å². The van der Waals surface area contributed by atoms with Gasteiger partial charge in [0.25, 0.3) is 0 Å². The molecule has 0 heteroatoms. The average Bonchev–Trinajstić information content (AvgIpc) is 2.33. The molecule has 0 nitrogen and oxygen atoms in total. The van der Waals surface area contributed by atoms with Gasteiger partial charge < -0.3 is 0 Å². The first-order chi connectivity index (χ1) is 8.06. The Morgan fingerprint density at radius 1 is 0.882 bits per heavy atom. The number of hydrogen-bond acceptors (Lipinski definition) is 0. The maximum atomic E-state index is 3.72. The highest BCUT2D eigenvalue weighted by Gasteiger charge is 1.94. The normalized spacial score (nSPS) is 12.9. The van der Waals surface area contributed by atoms with Gasteiger partial charge in [0.15, 0.2) is 0 Å². The van der Waals surface area contributed by atoms with Gasteiger partial charge in [-0.2, -0.15) is 0 Å². The monoisotopic (exact) mass is 234 g/mol. The lowest BCUT2D eigenvalue weighted by molar-refractivity contribution is 1.09. The molecule has 0 heterocycles. The van der Waals surface area contributed by atoms with Crippen LogP contribution in [0.2, 0.25) is 0 Å². The summed E-state index contributed by atoms with van der Waals surface area (Å²) in [6.45, 7) is 16.6. The third-order valence-electron chi connectivity index (χ3n) is 2.38. The summed E-state index contributed by atoms with van der Waals surface area (Å²) in [6, 6.07) is 0. The van der Waals surface area contributed by atoms with E-state index in [1.54, 1.807) is 0 Å². The summed E-state index contributed by atoms with van der Waals surface area (Å²) in [7, 11) is 0. The van der Waals surface area contributed by atoms with Gasteiger partial charge in [-0.05, 0) is 37.8 Å². The number of allylic oxidation sites excluding steroid dienone is 7. The second-order valence-electron chi connectivity index (χ2n) is 4.20. The molecule has 0 aliphatic heterocycles. The zero-order valence-electron chi connectivity index (χ0n) is 12.6. The van der Waals surface area contributed by atoms with Crippen molar-refractivity contribution in [2.75, 3.05) is 0 Å². The molecule has 0 aromatic carbocycles. The van der Waals surface area contributed by atoms with Crippen LogP contribution in [0.1, 0.15) is 60.8 Å². The summed E-state index contributed by atoms with van der Waals surface area (Å²) in [5.41, 5.74) is 4.11. The minimum atomic E-state index is 1.06. The van der Waals surface area contributed by atoms with Gasteiger partial charge in [0.2, 0.25) is 0 Å². The van der Waals surface area contributed by atoms with Gasteiger partial charge in [0.05, 0.1) is 0 Å². The maximum absolute atomic E-state index is 3.72. The largest absolute Gasteiger partial charge is 0.0991 e. The number of hydrogen-bond donors (Lipinski definition) is 0. The SMILES string of the molecule is C=C/C=C(CC)/C(C)=C/C=C(/C)CC.CCC. The smallest absolute Gasteiger partial charge is 0.0305 e. The van der Waals surface area contributed by atoms with Crippen LogP contribution in [-0.2, 0) is 0 Å². The van der Waals surface area contributed by atoms with Crippen molar-refractivity contribution in [3.05, 3.63) is 47.6 Å². The van der Waals surface area contributed by atoms with Gasteiger partial charge in [0, 0.05) is 0 Å². The summed E-state index contributed by atoms with van der Waals surface area (Å²) < 4.78 is 0. The molecule has 0 saturated heterocycles. The van der Waals surface area contributed by atoms with Crippen LogP contribution in [0.4, 0.5) is 0 Å². The first-order valence-electron chi connectivity index (χ1n) is 6.73. The summed E-state index contributed by atoms with van der Waals surface area (Å²) in [6.07, 6.45) is 11.8. The Morgan fingerprint density at radius 2 is 1.41 bits per heavy atom. The van der Waals surface area contributed by atoms with E-state index < -0.39 is 0 Å². The molecule has 0 aromatic rings. The van der Waals surface area contributed by atoms with E-state index in [1.807, 2.05) is 6.08 Å². The molecule has 17 heavy (non-hydrogen) atoms. The lowest BCUT2D eigenvalue weighted by atomic mass is 10.0. The molecule has 0 fully saturated rings. The van der Waals surface area contributed by atoms with Crippen molar-refractivity contribution in [1.82, 2.24) is 0 Å². The zero-order valence-corrected chi connectivity index (χ0v) is 12.6. The molecule has 0 N–H and O–H groups in total. The van der Waals surface area contributed by atoms with E-state index in [4.69, 9.17) is 0 Å². The first kappa shape index (κ1) is 18.3. The molecule has 0 spiro atoms. The Bertz CT molecular complexity index is 274. The molecule has 0 aliphatic carbocycles. The van der Waals surface area contributed by atoms with Gasteiger partial charge in [0.1, 0.15) is 0 Å². The molecule has 0 aromatic heterocycles. The van der Waals surface area contributed by atoms with E-state index in [-0.39, 0.29) is 0 Å². The highest BCUT2D eigenvalue weighted by molar-refractivity contribution is 5.34. The second-order valence-corrected chi connectivity index (χ2v) is 4.20. The van der Waals surface area contributed by atoms with E-state index in [2.05, 4.69) is 66.3 Å². The minimum Gasteiger partial charge on any atom is -0.0991 e. The quantitative estimate of drug-likeness (QED) is 0.495. The third kappa shape index (κ3) is 11.2. The van der Waals surface area contributed by atoms with Gasteiger partial charge in [-0.1, -0.05) is 70.6 Å². The highest BCUT2D eigenvalue weighted by Crippen LogP contribution is 2.14. The molecule has 0 rings (SSSR count). The first-order valence-corrected chi connectivity index (χ1v) is 6.73. The Hall–Kier alpha value is -1.04. The molecule has 98 valence electrons. The topological polar surface area (TPSA) is 0 Å². The zero-order chi connectivity index (χ0) is 13.7. The molecule has 0 unspecified atom stereocenters. The lowest BCUT2D eigenvalue weighted by Crippen LogP contribution is -1.82. The van der Waals surface area contributed by atoms with E-state index in [0.29, 0.717) is 0 Å². The van der Waals surface area contributed by atoms with Crippen molar-refractivity contribution >= 4 is 0 Å². The fourth-order valence-electron chi connectivity index (χ4n) is 1.16. The number of rotatable bonds is 5. The van der Waals surface area contributed by atoms with Gasteiger partial charge in [-0.3, -0.25) is 0 Å². The fourth-order valence-corrected chi connectivity index (χ4v) is 1.16. The van der Waals surface area contributed by atoms with Crippen LogP contribution in [0, 0.1) is 0 Å². The Morgan fingerprint density at radius 3 is 1.76 bits per heavy atom. The van der Waals surface area contributed by atoms with Crippen LogP contribution in [0.3, 0.4) is 0 Å². The predicted molar refractivity (Wildman–Crippen MR) is 82.3 cm³/mol. The Kier molecular flexibility index (Phi) is 14.0. The summed E-state index contributed by atoms with van der Waals surface area (Å²) >= 11 is 0. The van der Waals surface area contributed by atoms with Gasteiger partial charge >= 0.3 is 0 Å². The van der Waals surface area contributed by atoms with Crippen LogP contribution in [0.5, 0.6) is 0 Å².